The van der Waals surface area contributed by atoms with Gasteiger partial charge in [0, 0.05) is 6.08 Å². The molecule has 25 heavy (non-hydrogen) atoms. The molecule has 0 radical (unpaired) electrons. The van der Waals surface area contributed by atoms with Crippen LogP contribution < -0.4 is 4.89 Å². The Morgan fingerprint density at radius 2 is 1.64 bits per heavy atom. The highest BCUT2D eigenvalue weighted by molar-refractivity contribution is 5.80. The lowest BCUT2D eigenvalue weighted by Gasteiger charge is -2.08. The van der Waals surface area contributed by atoms with Gasteiger partial charge in [0.1, 0.15) is 0 Å². The van der Waals surface area contributed by atoms with Gasteiger partial charge >= 0.3 is 5.97 Å². The molecular weight excluding hydrogens is 320 g/mol. The summed E-state index contributed by atoms with van der Waals surface area (Å²) < 4.78 is 0. The van der Waals surface area contributed by atoms with Gasteiger partial charge in [-0.25, -0.2) is 9.68 Å². The van der Waals surface area contributed by atoms with Crippen molar-refractivity contribution in [2.75, 3.05) is 13.2 Å². The van der Waals surface area contributed by atoms with Gasteiger partial charge < -0.3 is 10.2 Å². The summed E-state index contributed by atoms with van der Waals surface area (Å²) in [6.07, 6.45) is 10.9. The van der Waals surface area contributed by atoms with Gasteiger partial charge in [-0.15, -0.1) is 0 Å². The molecule has 0 saturated carbocycles. The SMILES string of the molecule is C=CC(=O)OOc1ccccc1CCCCCCCCC.OCCO. The quantitative estimate of drug-likeness (QED) is 0.258. The number of carbonyl (C=O) groups is 1. The highest BCUT2D eigenvalue weighted by Gasteiger charge is 2.06. The molecule has 0 aliphatic carbocycles. The number of unbranched alkanes of at least 4 members (excludes halogenated alkanes) is 6. The van der Waals surface area contributed by atoms with Crippen molar-refractivity contribution in [2.45, 2.75) is 58.3 Å². The molecule has 1 aromatic rings. The van der Waals surface area contributed by atoms with E-state index in [9.17, 15) is 4.79 Å². The van der Waals surface area contributed by atoms with Crippen molar-refractivity contribution in [1.29, 1.82) is 0 Å². The number of carbonyl (C=O) groups excluding carboxylic acids is 1. The van der Waals surface area contributed by atoms with E-state index in [0.717, 1.165) is 24.5 Å². The lowest BCUT2D eigenvalue weighted by molar-refractivity contribution is -0.207. The largest absolute Gasteiger partial charge is 0.394 e. The lowest BCUT2D eigenvalue weighted by Crippen LogP contribution is -2.05. The van der Waals surface area contributed by atoms with Crippen LogP contribution in [0, 0.1) is 0 Å². The third-order valence-electron chi connectivity index (χ3n) is 3.50. The average Bonchev–Trinajstić information content (AvgIpc) is 2.66. The first-order valence-electron chi connectivity index (χ1n) is 9.00. The molecule has 0 bridgehead atoms. The molecule has 0 aliphatic heterocycles. The molecule has 2 N–H and O–H groups in total. The highest BCUT2D eigenvalue weighted by Crippen LogP contribution is 2.21. The van der Waals surface area contributed by atoms with E-state index < -0.39 is 5.97 Å². The molecule has 0 amide bonds. The number of hydrogen-bond acceptors (Lipinski definition) is 5. The number of benzene rings is 1. The third kappa shape index (κ3) is 13.2. The van der Waals surface area contributed by atoms with Gasteiger partial charge in [0.25, 0.3) is 0 Å². The van der Waals surface area contributed by atoms with E-state index >= 15 is 0 Å². The summed E-state index contributed by atoms with van der Waals surface area (Å²) in [5.74, 6) is 0.0272. The molecule has 0 fully saturated rings. The van der Waals surface area contributed by atoms with Crippen molar-refractivity contribution in [3.8, 4) is 5.75 Å². The molecule has 1 aromatic carbocycles. The minimum absolute atomic E-state index is 0.125. The van der Waals surface area contributed by atoms with Crippen molar-refractivity contribution in [3.63, 3.8) is 0 Å². The van der Waals surface area contributed by atoms with Gasteiger partial charge in [0.2, 0.25) is 0 Å². The van der Waals surface area contributed by atoms with E-state index in [-0.39, 0.29) is 13.2 Å². The lowest BCUT2D eigenvalue weighted by atomic mass is 10.0. The van der Waals surface area contributed by atoms with Gasteiger partial charge in [0.05, 0.1) is 13.2 Å². The van der Waals surface area contributed by atoms with Gasteiger partial charge in [-0.05, 0) is 24.5 Å². The summed E-state index contributed by atoms with van der Waals surface area (Å²) in [6, 6.07) is 7.66. The second-order valence-corrected chi connectivity index (χ2v) is 5.62. The Morgan fingerprint density at radius 1 is 1.04 bits per heavy atom. The summed E-state index contributed by atoms with van der Waals surface area (Å²) in [4.78, 5) is 20.7. The van der Waals surface area contributed by atoms with E-state index in [1.165, 1.54) is 38.5 Å². The highest BCUT2D eigenvalue weighted by atomic mass is 17.2. The number of aryl methyl sites for hydroxylation is 1. The Balaban J connectivity index is 0.00000129. The predicted octanol–water partition coefficient (Wildman–Crippen LogP) is 3.97. The van der Waals surface area contributed by atoms with Crippen LogP contribution in [0.15, 0.2) is 36.9 Å². The number of para-hydroxylation sites is 1. The Bertz CT molecular complexity index is 457. The van der Waals surface area contributed by atoms with E-state index in [4.69, 9.17) is 15.1 Å². The van der Waals surface area contributed by atoms with Crippen LogP contribution in [0.3, 0.4) is 0 Å². The molecule has 1 rings (SSSR count). The maximum atomic E-state index is 11.0. The fourth-order valence-corrected chi connectivity index (χ4v) is 2.18. The van der Waals surface area contributed by atoms with E-state index in [1.54, 1.807) is 0 Å². The molecule has 0 aromatic heterocycles. The van der Waals surface area contributed by atoms with E-state index in [2.05, 4.69) is 18.4 Å². The Morgan fingerprint density at radius 3 is 2.24 bits per heavy atom. The van der Waals surface area contributed by atoms with Gasteiger partial charge in [0.15, 0.2) is 5.75 Å². The molecule has 0 heterocycles. The summed E-state index contributed by atoms with van der Waals surface area (Å²) in [6.45, 7) is 5.31. The summed E-state index contributed by atoms with van der Waals surface area (Å²) in [5.41, 5.74) is 1.07. The zero-order valence-corrected chi connectivity index (χ0v) is 15.3. The van der Waals surface area contributed by atoms with Gasteiger partial charge in [-0.1, -0.05) is 70.2 Å². The smallest absolute Gasteiger partial charge is 0.378 e. The second kappa shape index (κ2) is 17.0. The van der Waals surface area contributed by atoms with Crippen molar-refractivity contribution >= 4 is 5.97 Å². The Labute approximate surface area is 151 Å². The number of rotatable bonds is 12. The van der Waals surface area contributed by atoms with Crippen LogP contribution >= 0.6 is 0 Å². The van der Waals surface area contributed by atoms with Crippen LogP contribution in [0.25, 0.3) is 0 Å². The summed E-state index contributed by atoms with van der Waals surface area (Å²) >= 11 is 0. The first-order valence-corrected chi connectivity index (χ1v) is 9.00. The maximum absolute atomic E-state index is 11.0. The monoisotopic (exact) mass is 352 g/mol. The van der Waals surface area contributed by atoms with Gasteiger partial charge in [-0.3, -0.25) is 4.89 Å². The molecule has 0 unspecified atom stereocenters. The zero-order chi connectivity index (χ0) is 18.8. The molecule has 0 atom stereocenters. The van der Waals surface area contributed by atoms with Crippen LogP contribution in [-0.4, -0.2) is 29.4 Å². The topological polar surface area (TPSA) is 76.0 Å². The van der Waals surface area contributed by atoms with Crippen LogP contribution in [-0.2, 0) is 16.1 Å². The first-order chi connectivity index (χ1) is 12.2. The summed E-state index contributed by atoms with van der Waals surface area (Å²) in [5, 5.41) is 15.2. The van der Waals surface area contributed by atoms with Crippen LogP contribution in [0.5, 0.6) is 5.75 Å². The van der Waals surface area contributed by atoms with Crippen molar-refractivity contribution in [2.24, 2.45) is 0 Å². The fourth-order valence-electron chi connectivity index (χ4n) is 2.18. The van der Waals surface area contributed by atoms with E-state index in [1.807, 2.05) is 24.3 Å². The van der Waals surface area contributed by atoms with Crippen molar-refractivity contribution in [3.05, 3.63) is 42.5 Å². The second-order valence-electron chi connectivity index (χ2n) is 5.62. The van der Waals surface area contributed by atoms with Crippen LogP contribution in [0.2, 0.25) is 0 Å². The first kappa shape index (κ1) is 23.1. The van der Waals surface area contributed by atoms with Crippen LogP contribution in [0.4, 0.5) is 0 Å². The predicted molar refractivity (Wildman–Crippen MR) is 99.2 cm³/mol. The fraction of sp³-hybridized carbons (Fsp3) is 0.550. The zero-order valence-electron chi connectivity index (χ0n) is 15.3. The van der Waals surface area contributed by atoms with Crippen LogP contribution in [0.1, 0.15) is 57.4 Å². The average molecular weight is 352 g/mol. The Hall–Kier alpha value is -1.85. The molecule has 0 spiro atoms. The summed E-state index contributed by atoms with van der Waals surface area (Å²) in [7, 11) is 0. The molecule has 142 valence electrons. The van der Waals surface area contributed by atoms with E-state index in [0.29, 0.717) is 5.75 Å². The number of aliphatic hydroxyl groups is 2. The molecule has 0 aliphatic rings. The number of hydrogen-bond donors (Lipinski definition) is 2. The molecule has 5 heteroatoms. The minimum Gasteiger partial charge on any atom is -0.394 e. The molecular formula is C20H32O5. The van der Waals surface area contributed by atoms with Crippen molar-refractivity contribution in [1.82, 2.24) is 0 Å². The third-order valence-corrected chi connectivity index (χ3v) is 3.50. The minimum atomic E-state index is -0.583. The normalized spacial score (nSPS) is 9.72. The Kier molecular flexibility index (Phi) is 15.7. The number of aliphatic hydroxyl groups excluding tert-OH is 2. The maximum Gasteiger partial charge on any atom is 0.378 e. The molecule has 5 nitrogen and oxygen atoms in total. The van der Waals surface area contributed by atoms with Crippen molar-refractivity contribution < 1.29 is 24.8 Å². The van der Waals surface area contributed by atoms with Gasteiger partial charge in [-0.2, -0.15) is 0 Å². The standard InChI is InChI=1S/C18H26O3.C2H6O2/c1-3-5-6-7-8-9-10-13-16-14-11-12-15-17(16)20-21-18(19)4-2;3-1-2-4/h4,11-12,14-15H,2-3,5-10,13H2,1H3;3-4H,1-2H2. The molecule has 0 saturated heterocycles.